The van der Waals surface area contributed by atoms with Crippen LogP contribution in [0.1, 0.15) is 16.7 Å². The highest BCUT2D eigenvalue weighted by molar-refractivity contribution is 5.45. The van der Waals surface area contributed by atoms with E-state index in [4.69, 9.17) is 4.74 Å². The molecule has 0 aliphatic carbocycles. The van der Waals surface area contributed by atoms with Gasteiger partial charge in [0.15, 0.2) is 0 Å². The van der Waals surface area contributed by atoms with Crippen LogP contribution < -0.4 is 4.74 Å². The number of ether oxygens (including phenoxy) is 1. The summed E-state index contributed by atoms with van der Waals surface area (Å²) in [5, 5.41) is 0. The first-order valence-corrected chi connectivity index (χ1v) is 5.95. The Bertz CT molecular complexity index is 531. The standard InChI is InChI=1S/C14H16N2O/c1-10-5-11(2)13-7-12(17-14(13)6-10)8-16-4-3-15-9-16/h3-6,9,12H,7-8H2,1-2H3. The van der Waals surface area contributed by atoms with Crippen LogP contribution in [0.15, 0.2) is 30.9 Å². The molecule has 0 bridgehead atoms. The second-order valence-electron chi connectivity index (χ2n) is 4.76. The van der Waals surface area contributed by atoms with Crippen LogP contribution in [0.25, 0.3) is 0 Å². The highest BCUT2D eigenvalue weighted by atomic mass is 16.5. The van der Waals surface area contributed by atoms with Gasteiger partial charge in [0, 0.05) is 24.4 Å². The van der Waals surface area contributed by atoms with Gasteiger partial charge in [-0.2, -0.15) is 0 Å². The van der Waals surface area contributed by atoms with Crippen LogP contribution in [0.4, 0.5) is 0 Å². The van der Waals surface area contributed by atoms with E-state index in [1.807, 2.05) is 12.5 Å². The molecular formula is C14H16N2O. The highest BCUT2D eigenvalue weighted by Gasteiger charge is 2.24. The predicted molar refractivity (Wildman–Crippen MR) is 66.3 cm³/mol. The van der Waals surface area contributed by atoms with Crippen LogP contribution in [0, 0.1) is 13.8 Å². The zero-order chi connectivity index (χ0) is 11.8. The Hall–Kier alpha value is -1.77. The average molecular weight is 228 g/mol. The van der Waals surface area contributed by atoms with Crippen LogP contribution in [0.2, 0.25) is 0 Å². The average Bonchev–Trinajstić information content (AvgIpc) is 2.87. The maximum absolute atomic E-state index is 5.99. The van der Waals surface area contributed by atoms with Crippen molar-refractivity contribution in [3.63, 3.8) is 0 Å². The predicted octanol–water partition coefficient (Wildman–Crippen LogP) is 2.50. The molecule has 3 heteroatoms. The summed E-state index contributed by atoms with van der Waals surface area (Å²) in [5.41, 5.74) is 3.97. The first-order chi connectivity index (χ1) is 8.22. The van der Waals surface area contributed by atoms with Gasteiger partial charge in [-0.25, -0.2) is 4.98 Å². The van der Waals surface area contributed by atoms with Crippen molar-refractivity contribution < 1.29 is 4.74 Å². The fourth-order valence-electron chi connectivity index (χ4n) is 2.51. The van der Waals surface area contributed by atoms with Crippen molar-refractivity contribution in [3.8, 4) is 5.75 Å². The van der Waals surface area contributed by atoms with E-state index in [2.05, 4.69) is 35.5 Å². The van der Waals surface area contributed by atoms with Crippen LogP contribution >= 0.6 is 0 Å². The Kier molecular flexibility index (Phi) is 2.39. The summed E-state index contributed by atoms with van der Waals surface area (Å²) in [6, 6.07) is 4.36. The molecule has 0 fully saturated rings. The minimum atomic E-state index is 0.236. The van der Waals surface area contributed by atoms with Gasteiger partial charge in [0.25, 0.3) is 0 Å². The molecule has 88 valence electrons. The van der Waals surface area contributed by atoms with E-state index < -0.39 is 0 Å². The Balaban J connectivity index is 1.81. The van der Waals surface area contributed by atoms with Crippen LogP contribution in [-0.2, 0) is 13.0 Å². The van der Waals surface area contributed by atoms with E-state index in [0.717, 1.165) is 18.7 Å². The van der Waals surface area contributed by atoms with Crippen molar-refractivity contribution in [1.82, 2.24) is 9.55 Å². The lowest BCUT2D eigenvalue weighted by Crippen LogP contribution is -2.19. The summed E-state index contributed by atoms with van der Waals surface area (Å²) in [6.45, 7) is 5.14. The molecule has 1 aliphatic rings. The number of benzene rings is 1. The van der Waals surface area contributed by atoms with Crippen molar-refractivity contribution in [2.24, 2.45) is 0 Å². The van der Waals surface area contributed by atoms with Gasteiger partial charge >= 0.3 is 0 Å². The van der Waals surface area contributed by atoms with Gasteiger partial charge in [0.05, 0.1) is 12.9 Å². The van der Waals surface area contributed by atoms with Crippen molar-refractivity contribution in [2.45, 2.75) is 32.9 Å². The topological polar surface area (TPSA) is 27.1 Å². The Morgan fingerprint density at radius 3 is 3.06 bits per heavy atom. The Morgan fingerprint density at radius 1 is 1.41 bits per heavy atom. The lowest BCUT2D eigenvalue weighted by molar-refractivity contribution is 0.209. The SMILES string of the molecule is Cc1cc(C)c2c(c1)OC(Cn1ccnc1)C2. The van der Waals surface area contributed by atoms with Crippen molar-refractivity contribution in [3.05, 3.63) is 47.5 Å². The van der Waals surface area contributed by atoms with E-state index >= 15 is 0 Å². The minimum absolute atomic E-state index is 0.236. The molecule has 2 heterocycles. The van der Waals surface area contributed by atoms with Crippen molar-refractivity contribution in [2.75, 3.05) is 0 Å². The lowest BCUT2D eigenvalue weighted by atomic mass is 10.0. The van der Waals surface area contributed by atoms with Crippen LogP contribution in [0.3, 0.4) is 0 Å². The largest absolute Gasteiger partial charge is 0.488 e. The first-order valence-electron chi connectivity index (χ1n) is 5.95. The molecule has 17 heavy (non-hydrogen) atoms. The van der Waals surface area contributed by atoms with Gasteiger partial charge in [-0.15, -0.1) is 0 Å². The van der Waals surface area contributed by atoms with E-state index in [1.165, 1.54) is 16.7 Å². The number of hydrogen-bond acceptors (Lipinski definition) is 2. The molecule has 0 radical (unpaired) electrons. The van der Waals surface area contributed by atoms with Gasteiger partial charge in [-0.3, -0.25) is 0 Å². The number of rotatable bonds is 2. The monoisotopic (exact) mass is 228 g/mol. The van der Waals surface area contributed by atoms with Crippen molar-refractivity contribution in [1.29, 1.82) is 0 Å². The van der Waals surface area contributed by atoms with E-state index in [0.29, 0.717) is 0 Å². The Labute approximate surface area is 101 Å². The summed E-state index contributed by atoms with van der Waals surface area (Å²) >= 11 is 0. The normalized spacial score (nSPS) is 17.9. The zero-order valence-corrected chi connectivity index (χ0v) is 10.2. The summed E-state index contributed by atoms with van der Waals surface area (Å²) in [6.07, 6.45) is 6.85. The van der Waals surface area contributed by atoms with E-state index in [-0.39, 0.29) is 6.10 Å². The molecule has 0 saturated heterocycles. The molecule has 1 unspecified atom stereocenters. The molecule has 1 aliphatic heterocycles. The van der Waals surface area contributed by atoms with Crippen LogP contribution in [-0.4, -0.2) is 15.7 Å². The van der Waals surface area contributed by atoms with Gasteiger partial charge < -0.3 is 9.30 Å². The zero-order valence-electron chi connectivity index (χ0n) is 10.2. The molecule has 1 aromatic heterocycles. The minimum Gasteiger partial charge on any atom is -0.488 e. The van der Waals surface area contributed by atoms with E-state index in [1.54, 1.807) is 6.20 Å². The number of hydrogen-bond donors (Lipinski definition) is 0. The number of imidazole rings is 1. The summed E-state index contributed by atoms with van der Waals surface area (Å²) in [5.74, 6) is 1.06. The van der Waals surface area contributed by atoms with Gasteiger partial charge in [-0.1, -0.05) is 6.07 Å². The maximum Gasteiger partial charge on any atom is 0.123 e. The maximum atomic E-state index is 5.99. The Morgan fingerprint density at radius 2 is 2.29 bits per heavy atom. The molecule has 0 N–H and O–H groups in total. The first kappa shape index (κ1) is 10.4. The fourth-order valence-corrected chi connectivity index (χ4v) is 2.51. The highest BCUT2D eigenvalue weighted by Crippen LogP contribution is 2.33. The number of aromatic nitrogens is 2. The summed E-state index contributed by atoms with van der Waals surface area (Å²) in [4.78, 5) is 4.05. The molecule has 0 amide bonds. The molecule has 2 aromatic rings. The molecule has 0 spiro atoms. The molecular weight excluding hydrogens is 212 g/mol. The number of fused-ring (bicyclic) bond motifs is 1. The van der Waals surface area contributed by atoms with Gasteiger partial charge in [-0.05, 0) is 31.0 Å². The smallest absolute Gasteiger partial charge is 0.123 e. The third-order valence-electron chi connectivity index (χ3n) is 3.28. The molecule has 3 nitrogen and oxygen atoms in total. The van der Waals surface area contributed by atoms with E-state index in [9.17, 15) is 0 Å². The second kappa shape index (κ2) is 3.91. The molecule has 1 aromatic carbocycles. The molecule has 3 rings (SSSR count). The number of aryl methyl sites for hydroxylation is 2. The van der Waals surface area contributed by atoms with Crippen LogP contribution in [0.5, 0.6) is 5.75 Å². The molecule has 0 saturated carbocycles. The second-order valence-corrected chi connectivity index (χ2v) is 4.76. The number of nitrogens with zero attached hydrogens (tertiary/aromatic N) is 2. The third-order valence-corrected chi connectivity index (χ3v) is 3.28. The fraction of sp³-hybridized carbons (Fsp3) is 0.357. The summed E-state index contributed by atoms with van der Waals surface area (Å²) in [7, 11) is 0. The van der Waals surface area contributed by atoms with Gasteiger partial charge in [0.2, 0.25) is 0 Å². The lowest BCUT2D eigenvalue weighted by Gasteiger charge is -2.10. The third kappa shape index (κ3) is 1.93. The summed E-state index contributed by atoms with van der Waals surface area (Å²) < 4.78 is 8.06. The van der Waals surface area contributed by atoms with Gasteiger partial charge in [0.1, 0.15) is 11.9 Å². The molecule has 1 atom stereocenters. The van der Waals surface area contributed by atoms with Crippen molar-refractivity contribution >= 4 is 0 Å². The quantitative estimate of drug-likeness (QED) is 0.789.